The van der Waals surface area contributed by atoms with Gasteiger partial charge in [0.05, 0.1) is 37.1 Å². The van der Waals surface area contributed by atoms with Gasteiger partial charge in [-0.15, -0.1) is 0 Å². The van der Waals surface area contributed by atoms with Crippen LogP contribution in [0.5, 0.6) is 17.2 Å². The molecule has 0 bridgehead atoms. The highest BCUT2D eigenvalue weighted by atomic mass is 32.2. The molecule has 136 valence electrons. The Morgan fingerprint density at radius 2 is 1.62 bits per heavy atom. The molecule has 3 rings (SSSR count). The first kappa shape index (κ1) is 17.8. The Kier molecular flexibility index (Phi) is 4.60. The van der Waals surface area contributed by atoms with Crippen LogP contribution in [0, 0.1) is 0 Å². The molecule has 0 fully saturated rings. The number of aldehydes is 1. The Labute approximate surface area is 150 Å². The fourth-order valence-electron chi connectivity index (χ4n) is 2.79. The monoisotopic (exact) mass is 375 g/mol. The molecule has 0 radical (unpaired) electrons. The molecule has 0 aliphatic rings. The Balaban J connectivity index is 2.29. The lowest BCUT2D eigenvalue weighted by atomic mass is 10.1. The smallest absolute Gasteiger partial charge is 0.268 e. The predicted octanol–water partition coefficient (Wildman–Crippen LogP) is 2.72. The summed E-state index contributed by atoms with van der Waals surface area (Å²) in [7, 11) is 0.480. The number of nitrogens with zero attached hydrogens (tertiary/aromatic N) is 1. The second kappa shape index (κ2) is 6.72. The number of carbonyl (C=O) groups excluding carboxylic acids is 1. The van der Waals surface area contributed by atoms with Crippen molar-refractivity contribution in [1.82, 2.24) is 3.97 Å². The first-order chi connectivity index (χ1) is 12.5. The number of hydrogen-bond acceptors (Lipinski definition) is 6. The highest BCUT2D eigenvalue weighted by Crippen LogP contribution is 2.39. The third kappa shape index (κ3) is 2.68. The van der Waals surface area contributed by atoms with Crippen molar-refractivity contribution in [2.75, 3.05) is 21.3 Å². The van der Waals surface area contributed by atoms with Crippen LogP contribution < -0.4 is 14.2 Å². The Morgan fingerprint density at radius 3 is 2.15 bits per heavy atom. The van der Waals surface area contributed by atoms with Crippen LogP contribution >= 0.6 is 0 Å². The van der Waals surface area contributed by atoms with Crippen LogP contribution in [0.1, 0.15) is 10.4 Å². The SMILES string of the molecule is COc1ccc(S(=O)(=O)n2cc(C=O)c3c(OC)c(OC)ccc32)cc1. The normalized spacial score (nSPS) is 11.3. The highest BCUT2D eigenvalue weighted by Gasteiger charge is 2.24. The number of methoxy groups -OCH3 is 3. The van der Waals surface area contributed by atoms with Gasteiger partial charge in [-0.1, -0.05) is 0 Å². The van der Waals surface area contributed by atoms with Gasteiger partial charge in [-0.2, -0.15) is 0 Å². The molecular formula is C18H17NO6S. The van der Waals surface area contributed by atoms with Gasteiger partial charge in [0.1, 0.15) is 5.75 Å². The van der Waals surface area contributed by atoms with Crippen LogP contribution in [0.25, 0.3) is 10.9 Å². The largest absolute Gasteiger partial charge is 0.497 e. The fraction of sp³-hybridized carbons (Fsp3) is 0.167. The second-order valence-corrected chi connectivity index (χ2v) is 7.19. The van der Waals surface area contributed by atoms with E-state index in [0.29, 0.717) is 34.4 Å². The standard InChI is InChI=1S/C18H17NO6S/c1-23-13-4-6-14(7-5-13)26(21,22)19-10-12(11-20)17-15(19)8-9-16(24-2)18(17)25-3/h4-11H,1-3H3. The van der Waals surface area contributed by atoms with Gasteiger partial charge in [0.25, 0.3) is 10.0 Å². The summed E-state index contributed by atoms with van der Waals surface area (Å²) < 4.78 is 42.8. The van der Waals surface area contributed by atoms with Gasteiger partial charge in [-0.25, -0.2) is 12.4 Å². The van der Waals surface area contributed by atoms with E-state index in [4.69, 9.17) is 14.2 Å². The van der Waals surface area contributed by atoms with Gasteiger partial charge in [0.15, 0.2) is 17.8 Å². The van der Waals surface area contributed by atoms with Gasteiger partial charge in [-0.05, 0) is 36.4 Å². The fourth-order valence-corrected chi connectivity index (χ4v) is 4.16. The second-order valence-electron chi connectivity index (χ2n) is 5.37. The van der Waals surface area contributed by atoms with Crippen molar-refractivity contribution in [1.29, 1.82) is 0 Å². The third-order valence-corrected chi connectivity index (χ3v) is 5.74. The number of benzene rings is 2. The Hall–Kier alpha value is -3.00. The zero-order valence-corrected chi connectivity index (χ0v) is 15.2. The van der Waals surface area contributed by atoms with Crippen molar-refractivity contribution in [2.45, 2.75) is 4.90 Å². The lowest BCUT2D eigenvalue weighted by molar-refractivity contribution is 0.112. The first-order valence-corrected chi connectivity index (χ1v) is 9.02. The molecule has 0 saturated carbocycles. The number of ether oxygens (including phenoxy) is 3. The molecule has 1 aromatic heterocycles. The van der Waals surface area contributed by atoms with Crippen molar-refractivity contribution < 1.29 is 27.4 Å². The minimum atomic E-state index is -3.92. The molecule has 3 aromatic rings. The van der Waals surface area contributed by atoms with Gasteiger partial charge >= 0.3 is 0 Å². The van der Waals surface area contributed by atoms with E-state index < -0.39 is 10.0 Å². The Bertz CT molecular complexity index is 1070. The van der Waals surface area contributed by atoms with E-state index in [1.165, 1.54) is 39.7 Å². The summed E-state index contributed by atoms with van der Waals surface area (Å²) >= 11 is 0. The van der Waals surface area contributed by atoms with Crippen molar-refractivity contribution in [3.05, 3.63) is 48.2 Å². The van der Waals surface area contributed by atoms with E-state index in [9.17, 15) is 13.2 Å². The van der Waals surface area contributed by atoms with Crippen LogP contribution in [0.2, 0.25) is 0 Å². The van der Waals surface area contributed by atoms with Crippen molar-refractivity contribution in [3.8, 4) is 17.2 Å². The summed E-state index contributed by atoms with van der Waals surface area (Å²) in [5, 5.41) is 0.374. The molecular weight excluding hydrogens is 358 g/mol. The van der Waals surface area contributed by atoms with Crippen molar-refractivity contribution >= 4 is 27.2 Å². The molecule has 0 unspecified atom stereocenters. The third-order valence-electron chi connectivity index (χ3n) is 4.05. The molecule has 0 spiro atoms. The zero-order valence-electron chi connectivity index (χ0n) is 14.4. The maximum absolute atomic E-state index is 13.1. The lowest BCUT2D eigenvalue weighted by Gasteiger charge is -2.11. The summed E-state index contributed by atoms with van der Waals surface area (Å²) in [5.74, 6) is 1.25. The summed E-state index contributed by atoms with van der Waals surface area (Å²) in [6, 6.07) is 9.18. The highest BCUT2D eigenvalue weighted by molar-refractivity contribution is 7.90. The van der Waals surface area contributed by atoms with Crippen LogP contribution in [0.15, 0.2) is 47.5 Å². The summed E-state index contributed by atoms with van der Waals surface area (Å²) in [4.78, 5) is 11.6. The van der Waals surface area contributed by atoms with Gasteiger partial charge < -0.3 is 14.2 Å². The molecule has 1 heterocycles. The maximum atomic E-state index is 13.1. The molecule has 26 heavy (non-hydrogen) atoms. The minimum Gasteiger partial charge on any atom is -0.497 e. The number of carbonyl (C=O) groups is 1. The predicted molar refractivity (Wildman–Crippen MR) is 96.0 cm³/mol. The average molecular weight is 375 g/mol. The maximum Gasteiger partial charge on any atom is 0.268 e. The molecule has 0 aliphatic carbocycles. The minimum absolute atomic E-state index is 0.0717. The summed E-state index contributed by atoms with van der Waals surface area (Å²) in [5.41, 5.74) is 0.508. The van der Waals surface area contributed by atoms with Crippen molar-refractivity contribution in [2.24, 2.45) is 0 Å². The number of rotatable bonds is 6. The Morgan fingerprint density at radius 1 is 0.923 bits per heavy atom. The zero-order chi connectivity index (χ0) is 18.9. The van der Waals surface area contributed by atoms with E-state index in [2.05, 4.69) is 0 Å². The lowest BCUT2D eigenvalue weighted by Crippen LogP contribution is -2.11. The van der Waals surface area contributed by atoms with Gasteiger partial charge in [-0.3, -0.25) is 4.79 Å². The molecule has 0 aliphatic heterocycles. The molecule has 8 heteroatoms. The average Bonchev–Trinajstić information content (AvgIpc) is 3.06. The number of hydrogen-bond donors (Lipinski definition) is 0. The van der Waals surface area contributed by atoms with Crippen LogP contribution in [0.3, 0.4) is 0 Å². The van der Waals surface area contributed by atoms with E-state index in [1.807, 2.05) is 0 Å². The van der Waals surface area contributed by atoms with Crippen LogP contribution in [-0.2, 0) is 10.0 Å². The van der Waals surface area contributed by atoms with Crippen molar-refractivity contribution in [3.63, 3.8) is 0 Å². The van der Waals surface area contributed by atoms with Gasteiger partial charge in [0, 0.05) is 11.8 Å². The number of aromatic nitrogens is 1. The first-order valence-electron chi connectivity index (χ1n) is 7.58. The van der Waals surface area contributed by atoms with Crippen LogP contribution in [0.4, 0.5) is 0 Å². The molecule has 0 atom stereocenters. The van der Waals surface area contributed by atoms with E-state index >= 15 is 0 Å². The quantitative estimate of drug-likeness (QED) is 0.616. The van der Waals surface area contributed by atoms with E-state index in [-0.39, 0.29) is 10.5 Å². The van der Waals surface area contributed by atoms with Crippen LogP contribution in [-0.4, -0.2) is 40.0 Å². The molecule has 0 saturated heterocycles. The molecule has 2 aromatic carbocycles. The van der Waals surface area contributed by atoms with E-state index in [0.717, 1.165) is 3.97 Å². The molecule has 7 nitrogen and oxygen atoms in total. The summed E-state index contributed by atoms with van der Waals surface area (Å²) in [6.07, 6.45) is 1.86. The molecule has 0 N–H and O–H groups in total. The topological polar surface area (TPSA) is 83.8 Å². The molecule has 0 amide bonds. The van der Waals surface area contributed by atoms with E-state index in [1.54, 1.807) is 24.3 Å². The van der Waals surface area contributed by atoms with Gasteiger partial charge in [0.2, 0.25) is 0 Å². The summed E-state index contributed by atoms with van der Waals surface area (Å²) in [6.45, 7) is 0. The number of fused-ring (bicyclic) bond motifs is 1.